The molecule has 0 saturated carbocycles. The van der Waals surface area contributed by atoms with Crippen molar-refractivity contribution >= 4 is 11.6 Å². The van der Waals surface area contributed by atoms with Crippen LogP contribution in [0.3, 0.4) is 0 Å². The SMILES string of the molecule is O=C(CO)Nc1ccc2c(c1)CCCC2. The van der Waals surface area contributed by atoms with Crippen LogP contribution < -0.4 is 5.32 Å². The summed E-state index contributed by atoms with van der Waals surface area (Å²) in [6.45, 7) is -0.461. The molecule has 0 bridgehead atoms. The molecule has 2 rings (SSSR count). The van der Waals surface area contributed by atoms with Crippen molar-refractivity contribution in [2.75, 3.05) is 11.9 Å². The van der Waals surface area contributed by atoms with Crippen molar-refractivity contribution in [2.45, 2.75) is 25.7 Å². The van der Waals surface area contributed by atoms with Crippen LogP contribution in [0, 0.1) is 0 Å². The Morgan fingerprint density at radius 2 is 2.00 bits per heavy atom. The van der Waals surface area contributed by atoms with Crippen molar-refractivity contribution in [3.8, 4) is 0 Å². The smallest absolute Gasteiger partial charge is 0.250 e. The van der Waals surface area contributed by atoms with Crippen molar-refractivity contribution in [2.24, 2.45) is 0 Å². The summed E-state index contributed by atoms with van der Waals surface area (Å²) in [6, 6.07) is 5.99. The van der Waals surface area contributed by atoms with Gasteiger partial charge in [-0.25, -0.2) is 0 Å². The van der Waals surface area contributed by atoms with Gasteiger partial charge in [-0.2, -0.15) is 0 Å². The van der Waals surface area contributed by atoms with Gasteiger partial charge in [0.1, 0.15) is 6.61 Å². The van der Waals surface area contributed by atoms with Gasteiger partial charge in [0, 0.05) is 5.69 Å². The molecule has 1 amide bonds. The Hall–Kier alpha value is -1.35. The van der Waals surface area contributed by atoms with Gasteiger partial charge in [0.25, 0.3) is 0 Å². The van der Waals surface area contributed by atoms with Crippen LogP contribution in [0.1, 0.15) is 24.0 Å². The molecule has 0 saturated heterocycles. The summed E-state index contributed by atoms with van der Waals surface area (Å²) in [5.74, 6) is -0.356. The van der Waals surface area contributed by atoms with Crippen LogP contribution in [0.15, 0.2) is 18.2 Å². The van der Waals surface area contributed by atoms with Crippen molar-refractivity contribution in [3.05, 3.63) is 29.3 Å². The maximum absolute atomic E-state index is 11.0. The fraction of sp³-hybridized carbons (Fsp3) is 0.417. The van der Waals surface area contributed by atoms with Gasteiger partial charge < -0.3 is 10.4 Å². The molecule has 15 heavy (non-hydrogen) atoms. The summed E-state index contributed by atoms with van der Waals surface area (Å²) in [5.41, 5.74) is 3.51. The molecule has 1 aromatic rings. The van der Waals surface area contributed by atoms with Gasteiger partial charge >= 0.3 is 0 Å². The highest BCUT2D eigenvalue weighted by Gasteiger charge is 2.10. The minimum absolute atomic E-state index is 0.356. The number of carbonyl (C=O) groups is 1. The number of aliphatic hydroxyl groups is 1. The number of carbonyl (C=O) groups excluding carboxylic acids is 1. The first-order valence-electron chi connectivity index (χ1n) is 5.32. The first-order valence-corrected chi connectivity index (χ1v) is 5.32. The first-order chi connectivity index (χ1) is 7.29. The molecule has 0 fully saturated rings. The lowest BCUT2D eigenvalue weighted by Gasteiger charge is -2.16. The topological polar surface area (TPSA) is 49.3 Å². The zero-order valence-electron chi connectivity index (χ0n) is 8.62. The van der Waals surface area contributed by atoms with Crippen LogP contribution in [0.4, 0.5) is 5.69 Å². The third-order valence-electron chi connectivity index (χ3n) is 2.78. The van der Waals surface area contributed by atoms with Gasteiger partial charge in [-0.15, -0.1) is 0 Å². The lowest BCUT2D eigenvalue weighted by molar-refractivity contribution is -0.118. The van der Waals surface area contributed by atoms with Crippen molar-refractivity contribution in [1.29, 1.82) is 0 Å². The molecule has 1 aliphatic rings. The third-order valence-corrected chi connectivity index (χ3v) is 2.78. The van der Waals surface area contributed by atoms with Crippen LogP contribution in [0.2, 0.25) is 0 Å². The van der Waals surface area contributed by atoms with Gasteiger partial charge in [0.15, 0.2) is 0 Å². The van der Waals surface area contributed by atoms with Gasteiger partial charge in [-0.05, 0) is 48.9 Å². The van der Waals surface area contributed by atoms with E-state index in [1.165, 1.54) is 24.0 Å². The summed E-state index contributed by atoms with van der Waals surface area (Å²) in [4.78, 5) is 11.0. The molecule has 3 nitrogen and oxygen atoms in total. The van der Waals surface area contributed by atoms with Crippen LogP contribution in [0.5, 0.6) is 0 Å². The van der Waals surface area contributed by atoms with Crippen molar-refractivity contribution in [3.63, 3.8) is 0 Å². The average Bonchev–Trinajstić information content (AvgIpc) is 2.29. The highest BCUT2D eigenvalue weighted by atomic mass is 16.3. The van der Waals surface area contributed by atoms with Gasteiger partial charge in [0.2, 0.25) is 5.91 Å². The predicted molar refractivity (Wildman–Crippen MR) is 58.8 cm³/mol. The lowest BCUT2D eigenvalue weighted by Crippen LogP contribution is -2.16. The third kappa shape index (κ3) is 2.36. The molecular weight excluding hydrogens is 190 g/mol. The van der Waals surface area contributed by atoms with Gasteiger partial charge in [-0.3, -0.25) is 4.79 Å². The highest BCUT2D eigenvalue weighted by Crippen LogP contribution is 2.24. The maximum Gasteiger partial charge on any atom is 0.250 e. The van der Waals surface area contributed by atoms with E-state index in [9.17, 15) is 4.79 Å². The van der Waals surface area contributed by atoms with E-state index in [0.717, 1.165) is 18.5 Å². The number of hydrogen-bond donors (Lipinski definition) is 2. The van der Waals surface area contributed by atoms with E-state index in [-0.39, 0.29) is 5.91 Å². The van der Waals surface area contributed by atoms with Crippen LogP contribution in [-0.2, 0) is 17.6 Å². The van der Waals surface area contributed by atoms with Gasteiger partial charge in [0.05, 0.1) is 0 Å². The zero-order chi connectivity index (χ0) is 10.7. The van der Waals surface area contributed by atoms with Crippen molar-refractivity contribution in [1.82, 2.24) is 0 Å². The maximum atomic E-state index is 11.0. The number of aliphatic hydroxyl groups excluding tert-OH is 1. The lowest BCUT2D eigenvalue weighted by atomic mass is 9.91. The van der Waals surface area contributed by atoms with E-state index in [2.05, 4.69) is 11.4 Å². The molecular formula is C12H15NO2. The Morgan fingerprint density at radius 1 is 1.27 bits per heavy atom. The second kappa shape index (κ2) is 4.45. The summed E-state index contributed by atoms with van der Waals surface area (Å²) in [5, 5.41) is 11.3. The van der Waals surface area contributed by atoms with Crippen LogP contribution in [0.25, 0.3) is 0 Å². The molecule has 1 aliphatic carbocycles. The number of benzene rings is 1. The van der Waals surface area contributed by atoms with Crippen molar-refractivity contribution < 1.29 is 9.90 Å². The molecule has 0 aliphatic heterocycles. The largest absolute Gasteiger partial charge is 0.387 e. The summed E-state index contributed by atoms with van der Waals surface area (Å²) in [6.07, 6.45) is 4.72. The Morgan fingerprint density at radius 3 is 2.73 bits per heavy atom. The Labute approximate surface area is 89.1 Å². The Kier molecular flexibility index (Phi) is 3.02. The number of aryl methyl sites for hydroxylation is 2. The number of hydrogen-bond acceptors (Lipinski definition) is 2. The number of fused-ring (bicyclic) bond motifs is 1. The Bertz CT molecular complexity index is 374. The summed E-state index contributed by atoms with van der Waals surface area (Å²) in [7, 11) is 0. The highest BCUT2D eigenvalue weighted by molar-refractivity contribution is 5.91. The van der Waals surface area contributed by atoms with E-state index in [1.807, 2.05) is 12.1 Å². The molecule has 1 aromatic carbocycles. The molecule has 0 radical (unpaired) electrons. The van der Waals surface area contributed by atoms with E-state index < -0.39 is 6.61 Å². The monoisotopic (exact) mass is 205 g/mol. The second-order valence-electron chi connectivity index (χ2n) is 3.90. The first kappa shape index (κ1) is 10.2. The normalized spacial score (nSPS) is 14.5. The molecule has 0 heterocycles. The van der Waals surface area contributed by atoms with E-state index in [0.29, 0.717) is 0 Å². The number of nitrogens with one attached hydrogen (secondary N) is 1. The van der Waals surface area contributed by atoms with Gasteiger partial charge in [-0.1, -0.05) is 6.07 Å². The molecule has 0 unspecified atom stereocenters. The van der Waals surface area contributed by atoms with Crippen LogP contribution in [-0.4, -0.2) is 17.6 Å². The van der Waals surface area contributed by atoms with E-state index in [4.69, 9.17) is 5.11 Å². The molecule has 0 spiro atoms. The minimum Gasteiger partial charge on any atom is -0.387 e. The van der Waals surface area contributed by atoms with E-state index in [1.54, 1.807) is 0 Å². The summed E-state index contributed by atoms with van der Waals surface area (Å²) < 4.78 is 0. The number of anilines is 1. The van der Waals surface area contributed by atoms with E-state index >= 15 is 0 Å². The second-order valence-corrected chi connectivity index (χ2v) is 3.90. The molecule has 3 heteroatoms. The minimum atomic E-state index is -0.461. The fourth-order valence-corrected chi connectivity index (χ4v) is 2.01. The number of rotatable bonds is 2. The fourth-order valence-electron chi connectivity index (χ4n) is 2.01. The van der Waals surface area contributed by atoms with Crippen LogP contribution >= 0.6 is 0 Å². The quantitative estimate of drug-likeness (QED) is 0.768. The number of amides is 1. The zero-order valence-corrected chi connectivity index (χ0v) is 8.62. The molecule has 80 valence electrons. The average molecular weight is 205 g/mol. The molecule has 0 atom stereocenters. The predicted octanol–water partition coefficient (Wildman–Crippen LogP) is 1.50. The Balaban J connectivity index is 2.17. The standard InChI is InChI=1S/C12H15NO2/c14-8-12(15)13-11-6-5-9-3-1-2-4-10(9)7-11/h5-7,14H,1-4,8H2,(H,13,15). The summed E-state index contributed by atoms with van der Waals surface area (Å²) >= 11 is 0. The molecule has 2 N–H and O–H groups in total. The molecule has 0 aromatic heterocycles.